The number of thiophene rings is 1. The van der Waals surface area contributed by atoms with Crippen molar-refractivity contribution in [2.75, 3.05) is 7.05 Å². The molecule has 0 amide bonds. The van der Waals surface area contributed by atoms with Crippen LogP contribution >= 0.6 is 11.3 Å². The third-order valence-electron chi connectivity index (χ3n) is 3.84. The van der Waals surface area contributed by atoms with E-state index in [0.29, 0.717) is 6.04 Å². The Morgan fingerprint density at radius 1 is 1.05 bits per heavy atom. The Bertz CT molecular complexity index is 343. The summed E-state index contributed by atoms with van der Waals surface area (Å²) in [5.41, 5.74) is 1.46. The van der Waals surface area contributed by atoms with E-state index in [0.717, 1.165) is 0 Å². The molecule has 19 heavy (non-hydrogen) atoms. The van der Waals surface area contributed by atoms with Crippen molar-refractivity contribution in [2.24, 2.45) is 0 Å². The minimum atomic E-state index is 0.564. The number of unbranched alkanes of at least 4 members (excludes halogenated alkanes) is 6. The highest BCUT2D eigenvalue weighted by Crippen LogP contribution is 2.30. The van der Waals surface area contributed by atoms with Crippen LogP contribution in [0.4, 0.5) is 0 Å². The third kappa shape index (κ3) is 6.09. The van der Waals surface area contributed by atoms with E-state index in [9.17, 15) is 0 Å². The van der Waals surface area contributed by atoms with Crippen LogP contribution in [0.25, 0.3) is 0 Å². The molecule has 0 bridgehead atoms. The number of rotatable bonds is 10. The van der Waals surface area contributed by atoms with E-state index < -0.39 is 0 Å². The highest BCUT2D eigenvalue weighted by atomic mass is 32.1. The first kappa shape index (κ1) is 16.7. The van der Waals surface area contributed by atoms with Crippen molar-refractivity contribution in [1.82, 2.24) is 5.32 Å². The number of hydrogen-bond donors (Lipinski definition) is 1. The lowest BCUT2D eigenvalue weighted by molar-refractivity contribution is 0.500. The Morgan fingerprint density at radius 3 is 2.21 bits per heavy atom. The molecule has 1 aromatic rings. The van der Waals surface area contributed by atoms with Crippen LogP contribution in [0, 0.1) is 13.8 Å². The van der Waals surface area contributed by atoms with Gasteiger partial charge in [-0.25, -0.2) is 0 Å². The first-order chi connectivity index (χ1) is 9.19. The van der Waals surface area contributed by atoms with E-state index >= 15 is 0 Å². The maximum absolute atomic E-state index is 3.49. The van der Waals surface area contributed by atoms with Crippen molar-refractivity contribution < 1.29 is 0 Å². The molecule has 1 heterocycles. The van der Waals surface area contributed by atoms with Crippen molar-refractivity contribution >= 4 is 11.3 Å². The van der Waals surface area contributed by atoms with Crippen LogP contribution in [0.5, 0.6) is 0 Å². The molecule has 1 rings (SSSR count). The van der Waals surface area contributed by atoms with Gasteiger partial charge in [-0.3, -0.25) is 0 Å². The zero-order chi connectivity index (χ0) is 14.1. The van der Waals surface area contributed by atoms with Crippen LogP contribution < -0.4 is 5.32 Å². The van der Waals surface area contributed by atoms with Crippen LogP contribution in [0.15, 0.2) is 6.07 Å². The van der Waals surface area contributed by atoms with Gasteiger partial charge >= 0.3 is 0 Å². The van der Waals surface area contributed by atoms with Gasteiger partial charge in [-0.05, 0) is 38.9 Å². The standard InChI is InChI=1S/C17H31NS/c1-5-6-7-8-9-10-11-12-16(18-4)17-14(2)13-15(3)19-17/h13,16,18H,5-12H2,1-4H3. The molecule has 110 valence electrons. The van der Waals surface area contributed by atoms with Crippen LogP contribution in [-0.2, 0) is 0 Å². The van der Waals surface area contributed by atoms with Crippen molar-refractivity contribution in [2.45, 2.75) is 78.2 Å². The van der Waals surface area contributed by atoms with Crippen molar-refractivity contribution in [1.29, 1.82) is 0 Å². The van der Waals surface area contributed by atoms with Gasteiger partial charge in [-0.1, -0.05) is 51.9 Å². The van der Waals surface area contributed by atoms with Crippen LogP contribution in [0.3, 0.4) is 0 Å². The summed E-state index contributed by atoms with van der Waals surface area (Å²) in [5, 5.41) is 3.49. The van der Waals surface area contributed by atoms with Crippen LogP contribution in [-0.4, -0.2) is 7.05 Å². The van der Waals surface area contributed by atoms with Crippen molar-refractivity contribution in [3.05, 3.63) is 21.4 Å². The van der Waals surface area contributed by atoms with Crippen LogP contribution in [0.2, 0.25) is 0 Å². The predicted octanol–water partition coefficient (Wildman–Crippen LogP) is 5.77. The normalized spacial score (nSPS) is 12.8. The van der Waals surface area contributed by atoms with E-state index in [1.807, 2.05) is 11.3 Å². The van der Waals surface area contributed by atoms with E-state index in [4.69, 9.17) is 0 Å². The molecular formula is C17H31NS. The van der Waals surface area contributed by atoms with Gasteiger partial charge in [0.25, 0.3) is 0 Å². The second kappa shape index (κ2) is 9.55. The maximum atomic E-state index is 3.49. The van der Waals surface area contributed by atoms with Crippen molar-refractivity contribution in [3.8, 4) is 0 Å². The van der Waals surface area contributed by atoms with Gasteiger partial charge in [-0.2, -0.15) is 0 Å². The van der Waals surface area contributed by atoms with Gasteiger partial charge in [0, 0.05) is 15.8 Å². The molecule has 0 saturated heterocycles. The molecule has 1 unspecified atom stereocenters. The Hall–Kier alpha value is -0.340. The summed E-state index contributed by atoms with van der Waals surface area (Å²) < 4.78 is 0. The van der Waals surface area contributed by atoms with E-state index in [1.54, 1.807) is 4.88 Å². The largest absolute Gasteiger partial charge is 0.312 e. The van der Waals surface area contributed by atoms with Gasteiger partial charge in [0.2, 0.25) is 0 Å². The second-order valence-corrected chi connectivity index (χ2v) is 6.94. The van der Waals surface area contributed by atoms with Gasteiger partial charge in [0.05, 0.1) is 0 Å². The molecule has 0 aliphatic carbocycles. The van der Waals surface area contributed by atoms with Gasteiger partial charge in [0.15, 0.2) is 0 Å². The predicted molar refractivity (Wildman–Crippen MR) is 88.2 cm³/mol. The van der Waals surface area contributed by atoms with Crippen molar-refractivity contribution in [3.63, 3.8) is 0 Å². The molecule has 0 aliphatic heterocycles. The first-order valence-corrected chi connectivity index (χ1v) is 8.74. The third-order valence-corrected chi connectivity index (χ3v) is 5.11. The fourth-order valence-electron chi connectivity index (χ4n) is 2.72. The number of hydrogen-bond acceptors (Lipinski definition) is 2. The first-order valence-electron chi connectivity index (χ1n) is 7.93. The lowest BCUT2D eigenvalue weighted by Gasteiger charge is -2.15. The molecule has 2 heteroatoms. The number of aryl methyl sites for hydroxylation is 2. The minimum absolute atomic E-state index is 0.564. The van der Waals surface area contributed by atoms with E-state index in [-0.39, 0.29) is 0 Å². The summed E-state index contributed by atoms with van der Waals surface area (Å²) in [6, 6.07) is 2.88. The summed E-state index contributed by atoms with van der Waals surface area (Å²) in [5.74, 6) is 0. The van der Waals surface area contributed by atoms with Gasteiger partial charge < -0.3 is 5.32 Å². The Balaban J connectivity index is 2.24. The Labute approximate surface area is 123 Å². The zero-order valence-corrected chi connectivity index (χ0v) is 14.0. The summed E-state index contributed by atoms with van der Waals surface area (Å²) in [6.07, 6.45) is 11.1. The molecule has 1 N–H and O–H groups in total. The lowest BCUT2D eigenvalue weighted by atomic mass is 10.0. The summed E-state index contributed by atoms with van der Waals surface area (Å²) in [6.45, 7) is 6.73. The molecule has 0 fully saturated rings. The highest BCUT2D eigenvalue weighted by Gasteiger charge is 2.13. The average Bonchev–Trinajstić information content (AvgIpc) is 2.72. The fourth-order valence-corrected chi connectivity index (χ4v) is 3.90. The summed E-state index contributed by atoms with van der Waals surface area (Å²) in [7, 11) is 2.10. The monoisotopic (exact) mass is 281 g/mol. The molecule has 0 aromatic carbocycles. The molecule has 1 aromatic heterocycles. The Kier molecular flexibility index (Phi) is 8.40. The van der Waals surface area contributed by atoms with E-state index in [2.05, 4.69) is 39.2 Å². The van der Waals surface area contributed by atoms with E-state index in [1.165, 1.54) is 61.8 Å². The highest BCUT2D eigenvalue weighted by molar-refractivity contribution is 7.12. The quantitative estimate of drug-likeness (QED) is 0.537. The lowest BCUT2D eigenvalue weighted by Crippen LogP contribution is -2.15. The molecular weight excluding hydrogens is 250 g/mol. The van der Waals surface area contributed by atoms with Crippen LogP contribution in [0.1, 0.15) is 79.6 Å². The fraction of sp³-hybridized carbons (Fsp3) is 0.765. The molecule has 1 nitrogen and oxygen atoms in total. The molecule has 0 spiro atoms. The molecule has 1 atom stereocenters. The summed E-state index contributed by atoms with van der Waals surface area (Å²) >= 11 is 1.96. The van der Waals surface area contributed by atoms with Gasteiger partial charge in [0.1, 0.15) is 0 Å². The molecule has 0 saturated carbocycles. The summed E-state index contributed by atoms with van der Waals surface area (Å²) in [4.78, 5) is 2.98. The maximum Gasteiger partial charge on any atom is 0.0415 e. The smallest absolute Gasteiger partial charge is 0.0415 e. The Morgan fingerprint density at radius 2 is 1.68 bits per heavy atom. The molecule has 0 aliphatic rings. The average molecular weight is 282 g/mol. The second-order valence-electron chi connectivity index (χ2n) is 5.66. The molecule has 0 radical (unpaired) electrons. The van der Waals surface area contributed by atoms with Gasteiger partial charge in [-0.15, -0.1) is 11.3 Å². The SMILES string of the molecule is CCCCCCCCCC(NC)c1sc(C)cc1C. The zero-order valence-electron chi connectivity index (χ0n) is 13.2. The minimum Gasteiger partial charge on any atom is -0.312 e. The number of nitrogens with one attached hydrogen (secondary N) is 1. The topological polar surface area (TPSA) is 12.0 Å².